The van der Waals surface area contributed by atoms with Crippen LogP contribution in [0.15, 0.2) is 24.5 Å². The number of halogens is 1. The second-order valence-corrected chi connectivity index (χ2v) is 7.47. The largest absolute Gasteiger partial charge is 0.496 e. The number of nitrogens with zero attached hydrogens (tertiary/aromatic N) is 4. The predicted molar refractivity (Wildman–Crippen MR) is 115 cm³/mol. The summed E-state index contributed by atoms with van der Waals surface area (Å²) in [5, 5.41) is 3.09. The van der Waals surface area contributed by atoms with Crippen molar-refractivity contribution in [2.75, 3.05) is 18.2 Å². The van der Waals surface area contributed by atoms with Gasteiger partial charge in [-0.15, -0.1) is 0 Å². The van der Waals surface area contributed by atoms with Gasteiger partial charge in [-0.2, -0.15) is 0 Å². The maximum atomic E-state index is 14.5. The molecular formula is C22H19FN6O2. The zero-order valence-electron chi connectivity index (χ0n) is 17.4. The summed E-state index contributed by atoms with van der Waals surface area (Å²) in [5.41, 5.74) is 10.6. The van der Waals surface area contributed by atoms with Crippen molar-refractivity contribution < 1.29 is 13.9 Å². The first-order valence-electron chi connectivity index (χ1n) is 9.61. The second kappa shape index (κ2) is 6.49. The van der Waals surface area contributed by atoms with Gasteiger partial charge in [-0.05, 0) is 32.4 Å². The molecule has 0 bridgehead atoms. The number of hydrogen-bond donors (Lipinski definition) is 2. The van der Waals surface area contributed by atoms with Crippen LogP contribution in [0.5, 0.6) is 5.75 Å². The summed E-state index contributed by atoms with van der Waals surface area (Å²) in [7, 11) is 1.60. The van der Waals surface area contributed by atoms with E-state index in [1.807, 2.05) is 26.0 Å². The molecule has 8 nitrogen and oxygen atoms in total. The normalized spacial score (nSPS) is 12.5. The number of amides is 1. The number of rotatable bonds is 2. The first-order valence-corrected chi connectivity index (χ1v) is 9.61. The SMILES string of the molecule is COc1ccc(C)c(-n2c(N)c3c4c(nc(C)nc42)-c2cncc(F)c2NC3=O)c1C. The molecule has 156 valence electrons. The fraction of sp³-hybridized carbons (Fsp3) is 0.182. The van der Waals surface area contributed by atoms with Gasteiger partial charge >= 0.3 is 0 Å². The van der Waals surface area contributed by atoms with Gasteiger partial charge in [0.1, 0.15) is 17.4 Å². The minimum Gasteiger partial charge on any atom is -0.496 e. The van der Waals surface area contributed by atoms with Crippen LogP contribution in [-0.4, -0.2) is 32.5 Å². The van der Waals surface area contributed by atoms with E-state index >= 15 is 0 Å². The van der Waals surface area contributed by atoms with E-state index in [0.29, 0.717) is 33.9 Å². The highest BCUT2D eigenvalue weighted by Crippen LogP contribution is 2.43. The molecule has 0 fully saturated rings. The summed E-state index contributed by atoms with van der Waals surface area (Å²) in [6.45, 7) is 5.60. The summed E-state index contributed by atoms with van der Waals surface area (Å²) < 4.78 is 21.7. The first-order chi connectivity index (χ1) is 14.8. The number of nitrogens with two attached hydrogens (primary N) is 1. The van der Waals surface area contributed by atoms with Crippen molar-refractivity contribution in [2.45, 2.75) is 20.8 Å². The van der Waals surface area contributed by atoms with E-state index in [4.69, 9.17) is 10.5 Å². The molecule has 4 heterocycles. The molecule has 3 aromatic heterocycles. The number of aryl methyl sites for hydroxylation is 2. The lowest BCUT2D eigenvalue weighted by Gasteiger charge is -2.17. The number of ether oxygens (including phenoxy) is 1. The third-order valence-corrected chi connectivity index (χ3v) is 5.61. The lowest BCUT2D eigenvalue weighted by Crippen LogP contribution is -2.15. The van der Waals surface area contributed by atoms with E-state index < -0.39 is 11.7 Å². The summed E-state index contributed by atoms with van der Waals surface area (Å²) in [6, 6.07) is 3.80. The molecule has 9 heteroatoms. The maximum absolute atomic E-state index is 14.5. The van der Waals surface area contributed by atoms with E-state index in [0.717, 1.165) is 23.0 Å². The molecule has 5 rings (SSSR count). The van der Waals surface area contributed by atoms with Gasteiger partial charge in [-0.3, -0.25) is 14.3 Å². The number of anilines is 2. The highest BCUT2D eigenvalue weighted by molar-refractivity contribution is 6.22. The van der Waals surface area contributed by atoms with Gasteiger partial charge in [-0.1, -0.05) is 6.07 Å². The number of fused-ring (bicyclic) bond motifs is 2. The minimum atomic E-state index is -0.647. The molecule has 0 aliphatic carbocycles. The van der Waals surface area contributed by atoms with Crippen LogP contribution in [0.1, 0.15) is 27.3 Å². The molecule has 4 aromatic rings. The first kappa shape index (κ1) is 19.0. The van der Waals surface area contributed by atoms with Crippen LogP contribution in [0.3, 0.4) is 0 Å². The highest BCUT2D eigenvalue weighted by atomic mass is 19.1. The molecule has 1 aliphatic rings. The van der Waals surface area contributed by atoms with Crippen molar-refractivity contribution in [1.29, 1.82) is 0 Å². The van der Waals surface area contributed by atoms with Gasteiger partial charge in [-0.25, -0.2) is 14.4 Å². The zero-order valence-corrected chi connectivity index (χ0v) is 17.4. The number of pyridine rings is 1. The van der Waals surface area contributed by atoms with Crippen LogP contribution >= 0.6 is 0 Å². The quantitative estimate of drug-likeness (QED) is 0.514. The van der Waals surface area contributed by atoms with Crippen LogP contribution in [-0.2, 0) is 0 Å². The molecule has 0 saturated carbocycles. The molecule has 3 N–H and O–H groups in total. The van der Waals surface area contributed by atoms with E-state index in [2.05, 4.69) is 20.3 Å². The van der Waals surface area contributed by atoms with Gasteiger partial charge in [0.2, 0.25) is 0 Å². The monoisotopic (exact) mass is 418 g/mol. The van der Waals surface area contributed by atoms with Gasteiger partial charge in [0.05, 0.1) is 41.3 Å². The lowest BCUT2D eigenvalue weighted by molar-refractivity contribution is 0.102. The average Bonchev–Trinajstić information content (AvgIpc) is 2.93. The van der Waals surface area contributed by atoms with Crippen LogP contribution < -0.4 is 15.8 Å². The Kier molecular flexibility index (Phi) is 3.98. The standard InChI is InChI=1S/C22H19FN6O2/c1-9-5-6-14(31-4)10(2)19(9)29-20(24)16-15-18(26-11(3)27-21(15)29)12-7-25-8-13(23)17(12)28-22(16)30/h5-8H,24H2,1-4H3,(H,28,30). The molecular weight excluding hydrogens is 399 g/mol. The fourth-order valence-corrected chi connectivity index (χ4v) is 4.25. The Balaban J connectivity index is 1.98. The minimum absolute atomic E-state index is 0.0234. The van der Waals surface area contributed by atoms with Crippen molar-refractivity contribution in [3.05, 3.63) is 52.9 Å². The molecule has 0 spiro atoms. The summed E-state index contributed by atoms with van der Waals surface area (Å²) in [4.78, 5) is 26.3. The number of nitrogen functional groups attached to an aromatic ring is 1. The Morgan fingerprint density at radius 1 is 1.16 bits per heavy atom. The Bertz CT molecular complexity index is 1430. The smallest absolute Gasteiger partial charge is 0.260 e. The van der Waals surface area contributed by atoms with Crippen LogP contribution in [0.2, 0.25) is 0 Å². The highest BCUT2D eigenvalue weighted by Gasteiger charge is 2.32. The lowest BCUT2D eigenvalue weighted by atomic mass is 10.1. The van der Waals surface area contributed by atoms with E-state index in [1.165, 1.54) is 6.20 Å². The molecule has 0 unspecified atom stereocenters. The molecule has 0 radical (unpaired) electrons. The summed E-state index contributed by atoms with van der Waals surface area (Å²) in [5.74, 6) is 0.149. The Labute approximate surface area is 176 Å². The maximum Gasteiger partial charge on any atom is 0.260 e. The Morgan fingerprint density at radius 3 is 2.68 bits per heavy atom. The van der Waals surface area contributed by atoms with Gasteiger partial charge < -0.3 is 15.8 Å². The van der Waals surface area contributed by atoms with Crippen molar-refractivity contribution in [3.63, 3.8) is 0 Å². The predicted octanol–water partition coefficient (Wildman–Crippen LogP) is 3.70. The van der Waals surface area contributed by atoms with Gasteiger partial charge in [0.25, 0.3) is 5.91 Å². The summed E-state index contributed by atoms with van der Waals surface area (Å²) >= 11 is 0. The van der Waals surface area contributed by atoms with Crippen molar-refractivity contribution >= 4 is 28.4 Å². The number of carbonyl (C=O) groups is 1. The Morgan fingerprint density at radius 2 is 1.94 bits per heavy atom. The van der Waals surface area contributed by atoms with Crippen molar-refractivity contribution in [1.82, 2.24) is 19.5 Å². The second-order valence-electron chi connectivity index (χ2n) is 7.47. The molecule has 31 heavy (non-hydrogen) atoms. The number of carbonyl (C=O) groups excluding carboxylic acids is 1. The number of benzene rings is 1. The number of aromatic nitrogens is 4. The van der Waals surface area contributed by atoms with Crippen LogP contribution in [0.4, 0.5) is 15.9 Å². The van der Waals surface area contributed by atoms with E-state index in [-0.39, 0.29) is 17.1 Å². The average molecular weight is 418 g/mol. The van der Waals surface area contributed by atoms with Gasteiger partial charge in [0, 0.05) is 17.3 Å². The van der Waals surface area contributed by atoms with Crippen LogP contribution in [0.25, 0.3) is 28.0 Å². The summed E-state index contributed by atoms with van der Waals surface area (Å²) in [6.07, 6.45) is 2.53. The zero-order chi connectivity index (χ0) is 22.0. The molecule has 1 aliphatic heterocycles. The topological polar surface area (TPSA) is 108 Å². The molecule has 0 atom stereocenters. The third kappa shape index (κ3) is 2.52. The molecule has 0 saturated heterocycles. The molecule has 1 aromatic carbocycles. The van der Waals surface area contributed by atoms with E-state index in [9.17, 15) is 9.18 Å². The number of hydrogen-bond acceptors (Lipinski definition) is 6. The molecule has 1 amide bonds. The fourth-order valence-electron chi connectivity index (χ4n) is 4.25. The number of nitrogens with one attached hydrogen (secondary N) is 1. The van der Waals surface area contributed by atoms with Crippen molar-refractivity contribution in [3.8, 4) is 22.7 Å². The van der Waals surface area contributed by atoms with Gasteiger partial charge in [0.15, 0.2) is 11.5 Å². The number of methoxy groups -OCH3 is 1. The Hall–Kier alpha value is -4.01. The van der Waals surface area contributed by atoms with Crippen LogP contribution in [0, 0.1) is 26.6 Å². The van der Waals surface area contributed by atoms with E-state index in [1.54, 1.807) is 18.6 Å². The third-order valence-electron chi connectivity index (χ3n) is 5.61. The van der Waals surface area contributed by atoms with Crippen molar-refractivity contribution in [2.24, 2.45) is 0 Å².